The lowest BCUT2D eigenvalue weighted by Gasteiger charge is -2.37. The van der Waals surface area contributed by atoms with Crippen LogP contribution < -0.4 is 0 Å². The van der Waals surface area contributed by atoms with Gasteiger partial charge < -0.3 is 9.84 Å². The Morgan fingerprint density at radius 3 is 2.19 bits per heavy atom. The van der Waals surface area contributed by atoms with Crippen molar-refractivity contribution in [1.82, 2.24) is 0 Å². The highest BCUT2D eigenvalue weighted by Crippen LogP contribution is 2.43. The standard InChI is InChI=1S/C30H44O2/c1-4-6-7-8-23-9-11-26(12-10-23)27-13-15-28(16-14-27)30-18-17-29(25(5-2)20-30)19-24(21-31)22-32-3/h9-16,24-25,29-31H,4-8,17-22H2,1-3H3. The van der Waals surface area contributed by atoms with E-state index in [1.54, 1.807) is 7.11 Å². The molecular weight excluding hydrogens is 392 g/mol. The van der Waals surface area contributed by atoms with E-state index < -0.39 is 0 Å². The molecule has 32 heavy (non-hydrogen) atoms. The third kappa shape index (κ3) is 6.93. The summed E-state index contributed by atoms with van der Waals surface area (Å²) in [7, 11) is 1.74. The van der Waals surface area contributed by atoms with Crippen molar-refractivity contribution in [2.75, 3.05) is 20.3 Å². The van der Waals surface area contributed by atoms with E-state index in [0.29, 0.717) is 12.5 Å². The van der Waals surface area contributed by atoms with Gasteiger partial charge in [0.1, 0.15) is 0 Å². The molecule has 176 valence electrons. The predicted octanol–water partition coefficient (Wildman–Crippen LogP) is 7.64. The molecule has 1 fully saturated rings. The van der Waals surface area contributed by atoms with Crippen LogP contribution in [-0.2, 0) is 11.2 Å². The van der Waals surface area contributed by atoms with Gasteiger partial charge in [0, 0.05) is 19.6 Å². The van der Waals surface area contributed by atoms with Gasteiger partial charge in [-0.15, -0.1) is 0 Å². The van der Waals surface area contributed by atoms with Crippen LogP contribution in [0.2, 0.25) is 0 Å². The first-order chi connectivity index (χ1) is 15.7. The lowest BCUT2D eigenvalue weighted by atomic mass is 9.68. The van der Waals surface area contributed by atoms with Crippen LogP contribution in [-0.4, -0.2) is 25.4 Å². The summed E-state index contributed by atoms with van der Waals surface area (Å²) >= 11 is 0. The molecule has 1 N–H and O–H groups in total. The van der Waals surface area contributed by atoms with Crippen LogP contribution in [0.25, 0.3) is 11.1 Å². The van der Waals surface area contributed by atoms with Gasteiger partial charge >= 0.3 is 0 Å². The second-order valence-electron chi connectivity index (χ2n) is 9.95. The average Bonchev–Trinajstić information content (AvgIpc) is 2.84. The molecule has 1 saturated carbocycles. The first kappa shape index (κ1) is 25.0. The molecule has 4 atom stereocenters. The number of benzene rings is 2. The molecule has 1 aliphatic carbocycles. The summed E-state index contributed by atoms with van der Waals surface area (Å²) in [6.07, 6.45) is 11.2. The minimum atomic E-state index is 0.241. The summed E-state index contributed by atoms with van der Waals surface area (Å²) in [5.74, 6) is 2.42. The zero-order valence-electron chi connectivity index (χ0n) is 20.6. The zero-order valence-corrected chi connectivity index (χ0v) is 20.6. The van der Waals surface area contributed by atoms with Crippen molar-refractivity contribution in [1.29, 1.82) is 0 Å². The average molecular weight is 437 g/mol. The maximum Gasteiger partial charge on any atom is 0.0512 e. The number of aryl methyl sites for hydroxylation is 1. The van der Waals surface area contributed by atoms with Crippen molar-refractivity contribution in [2.45, 2.75) is 77.6 Å². The number of aliphatic hydroxyl groups excluding tert-OH is 1. The van der Waals surface area contributed by atoms with Crippen LogP contribution >= 0.6 is 0 Å². The highest BCUT2D eigenvalue weighted by molar-refractivity contribution is 5.64. The highest BCUT2D eigenvalue weighted by atomic mass is 16.5. The SMILES string of the molecule is CCCCCc1ccc(-c2ccc(C3CCC(CC(CO)COC)C(CC)C3)cc2)cc1. The summed E-state index contributed by atoms with van der Waals surface area (Å²) < 4.78 is 5.31. The number of unbranched alkanes of at least 4 members (excludes halogenated alkanes) is 2. The van der Waals surface area contributed by atoms with Crippen molar-refractivity contribution in [2.24, 2.45) is 17.8 Å². The number of hydrogen-bond acceptors (Lipinski definition) is 2. The Hall–Kier alpha value is -1.64. The number of ether oxygens (including phenoxy) is 1. The van der Waals surface area contributed by atoms with Gasteiger partial charge in [-0.3, -0.25) is 0 Å². The van der Waals surface area contributed by atoms with E-state index in [9.17, 15) is 5.11 Å². The molecule has 0 spiro atoms. The third-order valence-corrected chi connectivity index (χ3v) is 7.70. The van der Waals surface area contributed by atoms with E-state index >= 15 is 0 Å². The van der Waals surface area contributed by atoms with Gasteiger partial charge in [-0.25, -0.2) is 0 Å². The highest BCUT2D eigenvalue weighted by Gasteiger charge is 2.31. The summed E-state index contributed by atoms with van der Waals surface area (Å²) in [6, 6.07) is 18.5. The topological polar surface area (TPSA) is 29.5 Å². The largest absolute Gasteiger partial charge is 0.396 e. The maximum absolute atomic E-state index is 9.68. The second-order valence-corrected chi connectivity index (χ2v) is 9.95. The van der Waals surface area contributed by atoms with Crippen LogP contribution in [0.4, 0.5) is 0 Å². The molecular formula is C30H44O2. The molecule has 0 bridgehead atoms. The molecule has 0 radical (unpaired) electrons. The van der Waals surface area contributed by atoms with Crippen molar-refractivity contribution < 1.29 is 9.84 Å². The fourth-order valence-corrected chi connectivity index (χ4v) is 5.69. The van der Waals surface area contributed by atoms with Crippen molar-refractivity contribution in [3.8, 4) is 11.1 Å². The second kappa shape index (κ2) is 13.2. The Morgan fingerprint density at radius 1 is 0.906 bits per heavy atom. The maximum atomic E-state index is 9.68. The minimum absolute atomic E-state index is 0.241. The lowest BCUT2D eigenvalue weighted by Crippen LogP contribution is -2.28. The Morgan fingerprint density at radius 2 is 1.59 bits per heavy atom. The monoisotopic (exact) mass is 436 g/mol. The quantitative estimate of drug-likeness (QED) is 0.346. The summed E-state index contributed by atoms with van der Waals surface area (Å²) in [5.41, 5.74) is 5.59. The van der Waals surface area contributed by atoms with E-state index in [2.05, 4.69) is 62.4 Å². The van der Waals surface area contributed by atoms with Crippen molar-refractivity contribution in [3.05, 3.63) is 59.7 Å². The van der Waals surface area contributed by atoms with Crippen LogP contribution in [0, 0.1) is 17.8 Å². The Kier molecular flexibility index (Phi) is 10.3. The van der Waals surface area contributed by atoms with E-state index in [1.165, 1.54) is 73.6 Å². The molecule has 0 aromatic heterocycles. The van der Waals surface area contributed by atoms with Gasteiger partial charge in [0.2, 0.25) is 0 Å². The van der Waals surface area contributed by atoms with Crippen LogP contribution in [0.3, 0.4) is 0 Å². The van der Waals surface area contributed by atoms with Crippen molar-refractivity contribution in [3.63, 3.8) is 0 Å². The summed E-state index contributed by atoms with van der Waals surface area (Å²) in [5, 5.41) is 9.68. The Bertz CT molecular complexity index is 764. The van der Waals surface area contributed by atoms with E-state index in [-0.39, 0.29) is 12.5 Å². The molecule has 0 saturated heterocycles. The van der Waals surface area contributed by atoms with Gasteiger partial charge in [-0.1, -0.05) is 81.6 Å². The van der Waals surface area contributed by atoms with E-state index in [0.717, 1.165) is 18.3 Å². The normalized spacial score (nSPS) is 22.1. The van der Waals surface area contributed by atoms with Crippen molar-refractivity contribution >= 4 is 0 Å². The number of methoxy groups -OCH3 is 1. The molecule has 2 heteroatoms. The number of rotatable bonds is 12. The van der Waals surface area contributed by atoms with E-state index in [1.807, 2.05) is 0 Å². The lowest BCUT2D eigenvalue weighted by molar-refractivity contribution is 0.0748. The molecule has 2 aromatic carbocycles. The molecule has 0 aliphatic heterocycles. The van der Waals surface area contributed by atoms with Gasteiger partial charge in [0.25, 0.3) is 0 Å². The van der Waals surface area contributed by atoms with Crippen LogP contribution in [0.5, 0.6) is 0 Å². The number of aliphatic hydroxyl groups is 1. The Balaban J connectivity index is 1.59. The van der Waals surface area contributed by atoms with Gasteiger partial charge in [0.05, 0.1) is 6.61 Å². The van der Waals surface area contributed by atoms with Gasteiger partial charge in [0.15, 0.2) is 0 Å². The fraction of sp³-hybridized carbons (Fsp3) is 0.600. The van der Waals surface area contributed by atoms with Crippen LogP contribution in [0.15, 0.2) is 48.5 Å². The molecule has 0 heterocycles. The molecule has 2 aromatic rings. The first-order valence-electron chi connectivity index (χ1n) is 13.0. The molecule has 4 unspecified atom stereocenters. The molecule has 0 amide bonds. The molecule has 1 aliphatic rings. The zero-order chi connectivity index (χ0) is 22.8. The predicted molar refractivity (Wildman–Crippen MR) is 136 cm³/mol. The fourth-order valence-electron chi connectivity index (χ4n) is 5.69. The summed E-state index contributed by atoms with van der Waals surface area (Å²) in [6.45, 7) is 5.51. The van der Waals surface area contributed by atoms with Gasteiger partial charge in [-0.05, 0) is 78.5 Å². The first-order valence-corrected chi connectivity index (χ1v) is 13.0. The summed E-state index contributed by atoms with van der Waals surface area (Å²) in [4.78, 5) is 0. The minimum Gasteiger partial charge on any atom is -0.396 e. The number of hydrogen-bond donors (Lipinski definition) is 1. The third-order valence-electron chi connectivity index (χ3n) is 7.70. The van der Waals surface area contributed by atoms with E-state index in [4.69, 9.17) is 4.74 Å². The van der Waals surface area contributed by atoms with Crippen LogP contribution in [0.1, 0.15) is 82.3 Å². The molecule has 2 nitrogen and oxygen atoms in total. The smallest absolute Gasteiger partial charge is 0.0512 e. The van der Waals surface area contributed by atoms with Gasteiger partial charge in [-0.2, -0.15) is 0 Å². The Labute approximate surface area is 196 Å². The molecule has 3 rings (SSSR count).